The van der Waals surface area contributed by atoms with E-state index in [2.05, 4.69) is 9.97 Å². The number of rotatable bonds is 2. The van der Waals surface area contributed by atoms with Crippen molar-refractivity contribution < 1.29 is 4.79 Å². The highest BCUT2D eigenvalue weighted by molar-refractivity contribution is 5.94. The van der Waals surface area contributed by atoms with Crippen LogP contribution in [0.5, 0.6) is 0 Å². The Morgan fingerprint density at radius 2 is 1.85 bits per heavy atom. The summed E-state index contributed by atoms with van der Waals surface area (Å²) in [6, 6.07) is 12.9. The summed E-state index contributed by atoms with van der Waals surface area (Å²) in [4.78, 5) is 19.4. The summed E-state index contributed by atoms with van der Waals surface area (Å²) in [6.07, 6.45) is 1.68. The number of aromatic nitrogens is 2. The SMILES string of the molecule is NC(=O)c1cccc(-c2ccc3nc(N)ncc3c2)c1. The van der Waals surface area contributed by atoms with E-state index in [1.165, 1.54) is 0 Å². The summed E-state index contributed by atoms with van der Waals surface area (Å²) in [5, 5.41) is 0.890. The fourth-order valence-electron chi connectivity index (χ4n) is 2.08. The van der Waals surface area contributed by atoms with Crippen LogP contribution in [0.4, 0.5) is 5.95 Å². The third-order valence-corrected chi connectivity index (χ3v) is 3.08. The van der Waals surface area contributed by atoms with E-state index in [4.69, 9.17) is 11.5 Å². The van der Waals surface area contributed by atoms with E-state index in [-0.39, 0.29) is 5.95 Å². The summed E-state index contributed by atoms with van der Waals surface area (Å²) in [5.41, 5.74) is 14.0. The first kappa shape index (κ1) is 12.1. The maximum Gasteiger partial charge on any atom is 0.248 e. The Hall–Kier alpha value is -2.95. The molecular formula is C15H12N4O. The second-order valence-electron chi connectivity index (χ2n) is 4.45. The van der Waals surface area contributed by atoms with Crippen LogP contribution in [0.3, 0.4) is 0 Å². The lowest BCUT2D eigenvalue weighted by molar-refractivity contribution is 0.100. The minimum atomic E-state index is -0.441. The van der Waals surface area contributed by atoms with Crippen molar-refractivity contribution in [2.45, 2.75) is 0 Å². The minimum absolute atomic E-state index is 0.251. The van der Waals surface area contributed by atoms with Crippen molar-refractivity contribution in [2.24, 2.45) is 5.73 Å². The lowest BCUT2D eigenvalue weighted by Crippen LogP contribution is -2.10. The third kappa shape index (κ3) is 2.16. The van der Waals surface area contributed by atoms with Crippen molar-refractivity contribution in [3.05, 3.63) is 54.2 Å². The lowest BCUT2D eigenvalue weighted by atomic mass is 10.0. The molecule has 0 atom stereocenters. The zero-order valence-electron chi connectivity index (χ0n) is 10.6. The summed E-state index contributed by atoms with van der Waals surface area (Å²) in [7, 11) is 0. The Labute approximate surface area is 115 Å². The van der Waals surface area contributed by atoms with Crippen molar-refractivity contribution in [1.82, 2.24) is 9.97 Å². The average molecular weight is 264 g/mol. The molecule has 20 heavy (non-hydrogen) atoms. The van der Waals surface area contributed by atoms with Gasteiger partial charge in [-0.1, -0.05) is 18.2 Å². The molecule has 0 spiro atoms. The van der Waals surface area contributed by atoms with Gasteiger partial charge < -0.3 is 11.5 Å². The van der Waals surface area contributed by atoms with Crippen LogP contribution in [0.15, 0.2) is 48.7 Å². The number of amides is 1. The van der Waals surface area contributed by atoms with E-state index in [1.807, 2.05) is 24.3 Å². The molecule has 0 aliphatic heterocycles. The molecule has 0 aliphatic rings. The number of hydrogen-bond acceptors (Lipinski definition) is 4. The van der Waals surface area contributed by atoms with Gasteiger partial charge in [0.1, 0.15) is 0 Å². The van der Waals surface area contributed by atoms with Crippen molar-refractivity contribution in [2.75, 3.05) is 5.73 Å². The average Bonchev–Trinajstić information content (AvgIpc) is 2.47. The Balaban J connectivity index is 2.12. The number of nitrogens with two attached hydrogens (primary N) is 2. The van der Waals surface area contributed by atoms with Crippen LogP contribution in [0, 0.1) is 0 Å². The molecule has 3 rings (SSSR count). The number of benzene rings is 2. The molecule has 2 aromatic carbocycles. The topological polar surface area (TPSA) is 94.9 Å². The largest absolute Gasteiger partial charge is 0.368 e. The van der Waals surface area contributed by atoms with Crippen molar-refractivity contribution in [1.29, 1.82) is 0 Å². The Bertz CT molecular complexity index is 814. The number of anilines is 1. The third-order valence-electron chi connectivity index (χ3n) is 3.08. The summed E-state index contributed by atoms with van der Waals surface area (Å²) >= 11 is 0. The first-order chi connectivity index (χ1) is 9.63. The van der Waals surface area contributed by atoms with Crippen LogP contribution in [0.2, 0.25) is 0 Å². The van der Waals surface area contributed by atoms with Gasteiger partial charge in [0.15, 0.2) is 0 Å². The van der Waals surface area contributed by atoms with Crippen LogP contribution in [0.25, 0.3) is 22.0 Å². The Morgan fingerprint density at radius 3 is 2.65 bits per heavy atom. The lowest BCUT2D eigenvalue weighted by Gasteiger charge is -2.05. The van der Waals surface area contributed by atoms with Gasteiger partial charge in [0.25, 0.3) is 0 Å². The molecule has 1 heterocycles. The van der Waals surface area contributed by atoms with E-state index >= 15 is 0 Å². The number of hydrogen-bond donors (Lipinski definition) is 2. The molecule has 0 unspecified atom stereocenters. The van der Waals surface area contributed by atoms with Crippen LogP contribution < -0.4 is 11.5 Å². The predicted octanol–water partition coefficient (Wildman–Crippen LogP) is 1.98. The highest BCUT2D eigenvalue weighted by atomic mass is 16.1. The number of primary amides is 1. The molecule has 5 heteroatoms. The van der Waals surface area contributed by atoms with E-state index in [9.17, 15) is 4.79 Å². The first-order valence-electron chi connectivity index (χ1n) is 6.06. The normalized spacial score (nSPS) is 10.6. The molecule has 0 saturated heterocycles. The van der Waals surface area contributed by atoms with Gasteiger partial charge in [0.2, 0.25) is 11.9 Å². The van der Waals surface area contributed by atoms with Crippen LogP contribution >= 0.6 is 0 Å². The van der Waals surface area contributed by atoms with Gasteiger partial charge in [-0.05, 0) is 35.4 Å². The second kappa shape index (κ2) is 4.62. The number of carbonyl (C=O) groups excluding carboxylic acids is 1. The van der Waals surface area contributed by atoms with Gasteiger partial charge in [-0.2, -0.15) is 0 Å². The quantitative estimate of drug-likeness (QED) is 0.739. The number of nitrogens with zero attached hydrogens (tertiary/aromatic N) is 2. The van der Waals surface area contributed by atoms with Gasteiger partial charge in [0.05, 0.1) is 5.52 Å². The molecule has 0 radical (unpaired) electrons. The maximum absolute atomic E-state index is 11.2. The van der Waals surface area contributed by atoms with Crippen molar-refractivity contribution in [3.8, 4) is 11.1 Å². The standard InChI is InChI=1S/C15H12N4O/c16-14(20)11-3-1-2-9(6-11)10-4-5-13-12(7-10)8-18-15(17)19-13/h1-8H,(H2,16,20)(H2,17,18,19). The van der Waals surface area contributed by atoms with Crippen LogP contribution in [-0.2, 0) is 0 Å². The number of carbonyl (C=O) groups is 1. The minimum Gasteiger partial charge on any atom is -0.368 e. The number of fused-ring (bicyclic) bond motifs is 1. The molecule has 0 aliphatic carbocycles. The van der Waals surface area contributed by atoms with Gasteiger partial charge in [-0.3, -0.25) is 4.79 Å². The summed E-state index contributed by atoms with van der Waals surface area (Å²) in [5.74, 6) is -0.190. The van der Waals surface area contributed by atoms with E-state index < -0.39 is 5.91 Å². The summed E-state index contributed by atoms with van der Waals surface area (Å²) < 4.78 is 0. The van der Waals surface area contributed by atoms with E-state index in [1.54, 1.807) is 24.4 Å². The van der Waals surface area contributed by atoms with E-state index in [0.29, 0.717) is 5.56 Å². The van der Waals surface area contributed by atoms with Gasteiger partial charge in [-0.25, -0.2) is 9.97 Å². The predicted molar refractivity (Wildman–Crippen MR) is 77.9 cm³/mol. The van der Waals surface area contributed by atoms with Crippen LogP contribution in [0.1, 0.15) is 10.4 Å². The Morgan fingerprint density at radius 1 is 1.05 bits per heavy atom. The summed E-state index contributed by atoms with van der Waals surface area (Å²) in [6.45, 7) is 0. The van der Waals surface area contributed by atoms with Crippen molar-refractivity contribution >= 4 is 22.8 Å². The molecule has 3 aromatic rings. The molecule has 0 fully saturated rings. The smallest absolute Gasteiger partial charge is 0.248 e. The van der Waals surface area contributed by atoms with Gasteiger partial charge in [-0.15, -0.1) is 0 Å². The number of nitrogen functional groups attached to an aromatic ring is 1. The molecule has 0 bridgehead atoms. The molecule has 4 N–H and O–H groups in total. The molecule has 1 aromatic heterocycles. The maximum atomic E-state index is 11.2. The molecule has 0 saturated carbocycles. The molecule has 1 amide bonds. The highest BCUT2D eigenvalue weighted by Crippen LogP contribution is 2.24. The zero-order chi connectivity index (χ0) is 14.1. The zero-order valence-corrected chi connectivity index (χ0v) is 10.6. The second-order valence-corrected chi connectivity index (χ2v) is 4.45. The first-order valence-corrected chi connectivity index (χ1v) is 6.06. The molecule has 98 valence electrons. The Kier molecular flexibility index (Phi) is 2.80. The van der Waals surface area contributed by atoms with Gasteiger partial charge in [0, 0.05) is 17.1 Å². The monoisotopic (exact) mass is 264 g/mol. The van der Waals surface area contributed by atoms with Crippen LogP contribution in [-0.4, -0.2) is 15.9 Å². The highest BCUT2D eigenvalue weighted by Gasteiger charge is 2.05. The molecule has 5 nitrogen and oxygen atoms in total. The fourth-order valence-corrected chi connectivity index (χ4v) is 2.08. The molecular weight excluding hydrogens is 252 g/mol. The van der Waals surface area contributed by atoms with E-state index in [0.717, 1.165) is 22.0 Å². The fraction of sp³-hybridized carbons (Fsp3) is 0. The van der Waals surface area contributed by atoms with Gasteiger partial charge >= 0.3 is 0 Å². The van der Waals surface area contributed by atoms with Crippen molar-refractivity contribution in [3.63, 3.8) is 0 Å².